The Morgan fingerprint density at radius 2 is 1.95 bits per heavy atom. The average Bonchev–Trinajstić information content (AvgIpc) is 2.27. The van der Waals surface area contributed by atoms with Gasteiger partial charge in [0.05, 0.1) is 10.5 Å². The zero-order valence-electron chi connectivity index (χ0n) is 11.8. The molecule has 1 unspecified atom stereocenters. The van der Waals surface area contributed by atoms with E-state index in [0.717, 1.165) is 0 Å². The van der Waals surface area contributed by atoms with Crippen molar-refractivity contribution in [2.45, 2.75) is 45.5 Å². The standard InChI is InChI=1S/C14H19F2NOS/c1-9(15)11-7-6-8-12(13(11)16)10(2)17-19(18)14(3,4)5/h6-9H,1-5H3/t9?,19-/m0/s1. The molecule has 2 atom stereocenters. The summed E-state index contributed by atoms with van der Waals surface area (Å²) in [5.41, 5.74) is 0.501. The molecule has 1 aromatic rings. The Bertz CT molecular complexity index is 519. The maximum atomic E-state index is 14.1. The van der Waals surface area contributed by atoms with Crippen LogP contribution in [-0.2, 0) is 11.0 Å². The highest BCUT2D eigenvalue weighted by molar-refractivity contribution is 7.85. The molecule has 0 aromatic heterocycles. The lowest BCUT2D eigenvalue weighted by molar-refractivity contribution is 0.361. The number of hydrogen-bond acceptors (Lipinski definition) is 1. The fourth-order valence-electron chi connectivity index (χ4n) is 1.45. The first-order valence-corrected chi connectivity index (χ1v) is 7.15. The fraction of sp³-hybridized carbons (Fsp3) is 0.500. The maximum Gasteiger partial charge on any atom is 0.145 e. The maximum absolute atomic E-state index is 14.1. The van der Waals surface area contributed by atoms with Crippen molar-refractivity contribution in [1.82, 2.24) is 0 Å². The van der Waals surface area contributed by atoms with E-state index in [2.05, 4.69) is 4.40 Å². The Hall–Kier alpha value is -1.10. The molecule has 0 fully saturated rings. The molecular formula is C14H19F2NOS. The highest BCUT2D eigenvalue weighted by Gasteiger charge is 2.21. The Morgan fingerprint density at radius 3 is 2.42 bits per heavy atom. The molecule has 5 heteroatoms. The molecule has 0 N–H and O–H groups in total. The number of halogens is 2. The average molecular weight is 287 g/mol. The van der Waals surface area contributed by atoms with Crippen LogP contribution in [0.4, 0.5) is 8.78 Å². The lowest BCUT2D eigenvalue weighted by Crippen LogP contribution is -2.21. The van der Waals surface area contributed by atoms with E-state index in [0.29, 0.717) is 5.71 Å². The molecule has 0 aliphatic rings. The molecule has 106 valence electrons. The molecule has 1 rings (SSSR count). The summed E-state index contributed by atoms with van der Waals surface area (Å²) in [7, 11) is -1.47. The monoisotopic (exact) mass is 287 g/mol. The van der Waals surface area contributed by atoms with Gasteiger partial charge in [0.1, 0.15) is 23.0 Å². The number of alkyl halides is 1. The molecule has 0 amide bonds. The first-order valence-electron chi connectivity index (χ1n) is 6.04. The minimum Gasteiger partial charge on any atom is -0.242 e. The second-order valence-corrected chi connectivity index (χ2v) is 7.27. The number of hydrogen-bond donors (Lipinski definition) is 0. The molecule has 2 nitrogen and oxygen atoms in total. The molecule has 0 aliphatic carbocycles. The van der Waals surface area contributed by atoms with Crippen molar-refractivity contribution >= 4 is 16.7 Å². The van der Waals surface area contributed by atoms with Gasteiger partial charge in [0.15, 0.2) is 0 Å². The van der Waals surface area contributed by atoms with E-state index in [9.17, 15) is 13.0 Å². The lowest BCUT2D eigenvalue weighted by atomic mass is 10.0. The summed E-state index contributed by atoms with van der Waals surface area (Å²) in [6, 6.07) is 4.49. The van der Waals surface area contributed by atoms with Gasteiger partial charge >= 0.3 is 0 Å². The van der Waals surface area contributed by atoms with Crippen LogP contribution in [0, 0.1) is 5.82 Å². The van der Waals surface area contributed by atoms with Gasteiger partial charge in [0, 0.05) is 11.1 Å². The van der Waals surface area contributed by atoms with Crippen LogP contribution in [0.25, 0.3) is 0 Å². The summed E-state index contributed by atoms with van der Waals surface area (Å²) in [4.78, 5) is 0. The van der Waals surface area contributed by atoms with E-state index in [-0.39, 0.29) is 11.1 Å². The van der Waals surface area contributed by atoms with Crippen LogP contribution in [-0.4, -0.2) is 14.7 Å². The third kappa shape index (κ3) is 3.93. The molecule has 0 saturated carbocycles. The molecule has 0 heterocycles. The highest BCUT2D eigenvalue weighted by Crippen LogP contribution is 2.23. The van der Waals surface area contributed by atoms with Gasteiger partial charge in [-0.2, -0.15) is 4.40 Å². The van der Waals surface area contributed by atoms with Crippen LogP contribution >= 0.6 is 0 Å². The minimum absolute atomic E-state index is 0.00593. The molecule has 0 radical (unpaired) electrons. The Morgan fingerprint density at radius 1 is 1.37 bits per heavy atom. The second kappa shape index (κ2) is 5.90. The van der Waals surface area contributed by atoms with Gasteiger partial charge in [0.2, 0.25) is 0 Å². The van der Waals surface area contributed by atoms with E-state index in [1.54, 1.807) is 33.8 Å². The van der Waals surface area contributed by atoms with Gasteiger partial charge in [-0.25, -0.2) is 13.0 Å². The summed E-state index contributed by atoms with van der Waals surface area (Å²) < 4.78 is 42.8. The van der Waals surface area contributed by atoms with Gasteiger partial charge in [-0.15, -0.1) is 0 Å². The third-order valence-corrected chi connectivity index (χ3v) is 4.08. The predicted molar refractivity (Wildman–Crippen MR) is 76.0 cm³/mol. The van der Waals surface area contributed by atoms with Gasteiger partial charge in [-0.05, 0) is 34.6 Å². The number of nitrogens with zero attached hydrogens (tertiary/aromatic N) is 1. The molecule has 0 bridgehead atoms. The zero-order valence-corrected chi connectivity index (χ0v) is 12.6. The molecule has 1 aromatic carbocycles. The normalized spacial score (nSPS) is 16.3. The van der Waals surface area contributed by atoms with Gasteiger partial charge < -0.3 is 0 Å². The first-order chi connectivity index (χ1) is 8.64. The summed E-state index contributed by atoms with van der Waals surface area (Å²) in [6.45, 7) is 8.22. The van der Waals surface area contributed by atoms with Crippen molar-refractivity contribution in [3.05, 3.63) is 35.1 Å². The van der Waals surface area contributed by atoms with Crippen molar-refractivity contribution in [3.8, 4) is 0 Å². The van der Waals surface area contributed by atoms with Crippen LogP contribution in [0.15, 0.2) is 22.6 Å². The smallest absolute Gasteiger partial charge is 0.145 e. The van der Waals surface area contributed by atoms with Crippen molar-refractivity contribution < 1.29 is 13.0 Å². The molecule has 19 heavy (non-hydrogen) atoms. The zero-order chi connectivity index (χ0) is 14.8. The van der Waals surface area contributed by atoms with Crippen molar-refractivity contribution in [2.75, 3.05) is 0 Å². The van der Waals surface area contributed by atoms with Crippen LogP contribution < -0.4 is 0 Å². The quantitative estimate of drug-likeness (QED) is 0.769. The van der Waals surface area contributed by atoms with Crippen LogP contribution in [0.3, 0.4) is 0 Å². The largest absolute Gasteiger partial charge is 0.242 e. The van der Waals surface area contributed by atoms with Crippen LogP contribution in [0.1, 0.15) is 51.9 Å². The Balaban J connectivity index is 3.21. The molecule has 0 saturated heterocycles. The summed E-state index contributed by atoms with van der Waals surface area (Å²) in [5, 5.41) is 0. The highest BCUT2D eigenvalue weighted by atomic mass is 32.2. The van der Waals surface area contributed by atoms with Crippen LogP contribution in [0.2, 0.25) is 0 Å². The van der Waals surface area contributed by atoms with E-state index in [1.165, 1.54) is 19.1 Å². The van der Waals surface area contributed by atoms with E-state index < -0.39 is 27.7 Å². The van der Waals surface area contributed by atoms with Crippen molar-refractivity contribution in [2.24, 2.45) is 4.40 Å². The Labute approximate surface area is 115 Å². The Kier molecular flexibility index (Phi) is 4.96. The van der Waals surface area contributed by atoms with E-state index in [1.807, 2.05) is 0 Å². The topological polar surface area (TPSA) is 29.4 Å². The van der Waals surface area contributed by atoms with Crippen LogP contribution in [0.5, 0.6) is 0 Å². The summed E-state index contributed by atoms with van der Waals surface area (Å²) >= 11 is 0. The SMILES string of the molecule is CC(=N[S@@](=O)C(C)(C)C)c1cccc(C(C)F)c1F. The van der Waals surface area contributed by atoms with Gasteiger partial charge in [0.25, 0.3) is 0 Å². The van der Waals surface area contributed by atoms with Crippen molar-refractivity contribution in [1.29, 1.82) is 0 Å². The molecular weight excluding hydrogens is 268 g/mol. The van der Waals surface area contributed by atoms with E-state index in [4.69, 9.17) is 0 Å². The first kappa shape index (κ1) is 16.0. The van der Waals surface area contributed by atoms with E-state index >= 15 is 0 Å². The molecule has 0 aliphatic heterocycles. The summed E-state index contributed by atoms with van der Waals surface area (Å²) in [6.07, 6.45) is -1.39. The van der Waals surface area contributed by atoms with Gasteiger partial charge in [-0.1, -0.05) is 18.2 Å². The van der Waals surface area contributed by atoms with Gasteiger partial charge in [-0.3, -0.25) is 0 Å². The lowest BCUT2D eigenvalue weighted by Gasteiger charge is -2.15. The summed E-state index contributed by atoms with van der Waals surface area (Å²) in [5.74, 6) is -0.635. The van der Waals surface area contributed by atoms with Crippen molar-refractivity contribution in [3.63, 3.8) is 0 Å². The number of benzene rings is 1. The predicted octanol–water partition coefficient (Wildman–Crippen LogP) is 4.13. The second-order valence-electron chi connectivity index (χ2n) is 5.36. The number of rotatable bonds is 3. The molecule has 0 spiro atoms. The third-order valence-electron chi connectivity index (χ3n) is 2.59. The fourth-order valence-corrected chi connectivity index (χ4v) is 2.07. The minimum atomic E-state index is -1.47.